The monoisotopic (exact) mass is 340 g/mol. The highest BCUT2D eigenvalue weighted by Gasteiger charge is 2.29. The Morgan fingerprint density at radius 3 is 2.79 bits per heavy atom. The number of fused-ring (bicyclic) bond motifs is 1. The van der Waals surface area contributed by atoms with Gasteiger partial charge >= 0.3 is 7.12 Å². The quantitative estimate of drug-likeness (QED) is 0.817. The minimum Gasteiger partial charge on any atom is -0.423 e. The first-order valence-electron chi connectivity index (χ1n) is 7.47. The Morgan fingerprint density at radius 2 is 2.12 bits per heavy atom. The molecule has 0 saturated heterocycles. The molecule has 0 saturated carbocycles. The molecule has 0 fully saturated rings. The summed E-state index contributed by atoms with van der Waals surface area (Å²) in [7, 11) is -1.64. The van der Waals surface area contributed by atoms with Crippen LogP contribution in [-0.2, 0) is 17.6 Å². The van der Waals surface area contributed by atoms with Gasteiger partial charge in [0.1, 0.15) is 6.07 Å². The van der Waals surface area contributed by atoms with Crippen LogP contribution in [0.5, 0.6) is 0 Å². The number of benzene rings is 2. The first-order chi connectivity index (χ1) is 11.5. The van der Waals surface area contributed by atoms with Crippen LogP contribution in [-0.4, -0.2) is 29.6 Å². The van der Waals surface area contributed by atoms with Gasteiger partial charge in [0, 0.05) is 11.6 Å². The number of hydrogen-bond donors (Lipinski definition) is 2. The zero-order chi connectivity index (χ0) is 17.3. The van der Waals surface area contributed by atoms with E-state index >= 15 is 0 Å². The molecule has 2 aromatic carbocycles. The van der Waals surface area contributed by atoms with Gasteiger partial charge in [0.05, 0.1) is 17.7 Å². The van der Waals surface area contributed by atoms with Crippen molar-refractivity contribution < 1.29 is 14.8 Å². The minimum atomic E-state index is -1.64. The number of rotatable bonds is 3. The zero-order valence-corrected chi connectivity index (χ0v) is 13.5. The van der Waals surface area contributed by atoms with Crippen molar-refractivity contribution in [2.24, 2.45) is 0 Å². The predicted octanol–water partition coefficient (Wildman–Crippen LogP) is 1.02. The molecule has 0 bridgehead atoms. The van der Waals surface area contributed by atoms with Crippen LogP contribution in [0.4, 0.5) is 5.69 Å². The van der Waals surface area contributed by atoms with E-state index in [0.717, 1.165) is 11.1 Å². The molecule has 2 N–H and O–H groups in total. The summed E-state index contributed by atoms with van der Waals surface area (Å²) < 4.78 is 0. The van der Waals surface area contributed by atoms with E-state index in [-0.39, 0.29) is 23.4 Å². The van der Waals surface area contributed by atoms with Crippen LogP contribution in [0.15, 0.2) is 36.4 Å². The molecule has 1 aliphatic heterocycles. The lowest BCUT2D eigenvalue weighted by molar-refractivity contribution is -0.117. The van der Waals surface area contributed by atoms with E-state index in [0.29, 0.717) is 23.7 Å². The van der Waals surface area contributed by atoms with Gasteiger partial charge in [-0.25, -0.2) is 0 Å². The van der Waals surface area contributed by atoms with Gasteiger partial charge in [-0.1, -0.05) is 29.8 Å². The molecule has 0 radical (unpaired) electrons. The summed E-state index contributed by atoms with van der Waals surface area (Å²) in [5.41, 5.74) is 2.68. The molecular formula is C17H14BClN2O3. The molecule has 120 valence electrons. The van der Waals surface area contributed by atoms with E-state index in [4.69, 9.17) is 11.6 Å². The highest BCUT2D eigenvalue weighted by molar-refractivity contribution is 6.58. The minimum absolute atomic E-state index is 0.121. The Kier molecular flexibility index (Phi) is 4.58. The summed E-state index contributed by atoms with van der Waals surface area (Å²) in [4.78, 5) is 14.2. The van der Waals surface area contributed by atoms with Crippen molar-refractivity contribution in [3.63, 3.8) is 0 Å². The van der Waals surface area contributed by atoms with Crippen molar-refractivity contribution >= 4 is 35.8 Å². The predicted molar refractivity (Wildman–Crippen MR) is 92.2 cm³/mol. The number of carbonyl (C=O) groups excluding carboxylic acids is 1. The van der Waals surface area contributed by atoms with Gasteiger partial charge in [-0.05, 0) is 41.2 Å². The van der Waals surface area contributed by atoms with Crippen molar-refractivity contribution in [3.05, 3.63) is 58.1 Å². The summed E-state index contributed by atoms with van der Waals surface area (Å²) in [6.45, 7) is 0.467. The maximum atomic E-state index is 12.7. The summed E-state index contributed by atoms with van der Waals surface area (Å²) in [6.07, 6.45) is 0.765. The highest BCUT2D eigenvalue weighted by atomic mass is 35.5. The first-order valence-corrected chi connectivity index (χ1v) is 7.85. The van der Waals surface area contributed by atoms with E-state index in [1.165, 1.54) is 6.07 Å². The Labute approximate surface area is 144 Å². The van der Waals surface area contributed by atoms with E-state index in [1.807, 2.05) is 12.1 Å². The fraction of sp³-hybridized carbons (Fsp3) is 0.176. The van der Waals surface area contributed by atoms with Crippen molar-refractivity contribution in [1.82, 2.24) is 0 Å². The van der Waals surface area contributed by atoms with Gasteiger partial charge in [0.15, 0.2) is 0 Å². The van der Waals surface area contributed by atoms with Gasteiger partial charge in [0.2, 0.25) is 5.91 Å². The second-order valence-electron chi connectivity index (χ2n) is 5.66. The number of amides is 1. The van der Waals surface area contributed by atoms with Gasteiger partial charge < -0.3 is 14.9 Å². The van der Waals surface area contributed by atoms with Crippen LogP contribution in [0, 0.1) is 11.3 Å². The molecule has 1 amide bonds. The standard InChI is InChI=1S/C17H14BClN2O3/c19-15-3-1-2-11(6-15)7-16(22)21-5-4-12-8-14(18(23)24)9-13(10-20)17(12)21/h1-3,6,8-9,23-24H,4-5,7H2. The Morgan fingerprint density at radius 1 is 1.33 bits per heavy atom. The lowest BCUT2D eigenvalue weighted by Crippen LogP contribution is -2.32. The third-order valence-electron chi connectivity index (χ3n) is 4.05. The van der Waals surface area contributed by atoms with E-state index in [1.54, 1.807) is 29.2 Å². The maximum absolute atomic E-state index is 12.7. The molecule has 1 heterocycles. The van der Waals surface area contributed by atoms with E-state index in [2.05, 4.69) is 0 Å². The van der Waals surface area contributed by atoms with Gasteiger partial charge in [-0.3, -0.25) is 4.79 Å². The van der Waals surface area contributed by atoms with Crippen LogP contribution >= 0.6 is 11.6 Å². The third-order valence-corrected chi connectivity index (χ3v) is 4.28. The molecule has 7 heteroatoms. The highest BCUT2D eigenvalue weighted by Crippen LogP contribution is 2.31. The first kappa shape index (κ1) is 16.5. The molecule has 0 spiro atoms. The second kappa shape index (κ2) is 6.66. The molecule has 0 atom stereocenters. The summed E-state index contributed by atoms with van der Waals surface area (Å²) in [6, 6.07) is 12.2. The lowest BCUT2D eigenvalue weighted by Gasteiger charge is -2.19. The number of anilines is 1. The molecular weight excluding hydrogens is 326 g/mol. The smallest absolute Gasteiger partial charge is 0.423 e. The van der Waals surface area contributed by atoms with Crippen molar-refractivity contribution in [2.75, 3.05) is 11.4 Å². The zero-order valence-electron chi connectivity index (χ0n) is 12.7. The van der Waals surface area contributed by atoms with Gasteiger partial charge in [-0.15, -0.1) is 0 Å². The van der Waals surface area contributed by atoms with Crippen molar-refractivity contribution in [1.29, 1.82) is 5.26 Å². The topological polar surface area (TPSA) is 84.6 Å². The summed E-state index contributed by atoms with van der Waals surface area (Å²) >= 11 is 5.95. The normalized spacial score (nSPS) is 12.7. The molecule has 3 rings (SSSR count). The maximum Gasteiger partial charge on any atom is 0.488 e. The summed E-state index contributed by atoms with van der Waals surface area (Å²) in [5.74, 6) is -0.121. The summed E-state index contributed by atoms with van der Waals surface area (Å²) in [5, 5.41) is 28.6. The Hall–Kier alpha value is -2.33. The Bertz CT molecular complexity index is 848. The molecule has 5 nitrogen and oxygen atoms in total. The number of nitriles is 1. The second-order valence-corrected chi connectivity index (χ2v) is 6.10. The van der Waals surface area contributed by atoms with Crippen LogP contribution in [0.3, 0.4) is 0 Å². The number of nitrogens with zero attached hydrogens (tertiary/aromatic N) is 2. The van der Waals surface area contributed by atoms with Crippen LogP contribution in [0.2, 0.25) is 5.02 Å². The lowest BCUT2D eigenvalue weighted by atomic mass is 9.78. The molecule has 0 aromatic heterocycles. The van der Waals surface area contributed by atoms with Gasteiger partial charge in [0.25, 0.3) is 0 Å². The van der Waals surface area contributed by atoms with Crippen LogP contribution < -0.4 is 10.4 Å². The van der Waals surface area contributed by atoms with Gasteiger partial charge in [-0.2, -0.15) is 5.26 Å². The average Bonchev–Trinajstić information content (AvgIpc) is 2.98. The number of halogens is 1. The van der Waals surface area contributed by atoms with E-state index in [9.17, 15) is 20.1 Å². The fourth-order valence-electron chi connectivity index (χ4n) is 2.97. The Balaban J connectivity index is 1.91. The van der Waals surface area contributed by atoms with Crippen molar-refractivity contribution in [3.8, 4) is 6.07 Å². The largest absolute Gasteiger partial charge is 0.488 e. The molecule has 2 aromatic rings. The SMILES string of the molecule is N#Cc1cc(B(O)O)cc2c1N(C(=O)Cc1cccc(Cl)c1)CC2. The third kappa shape index (κ3) is 3.15. The number of hydrogen-bond acceptors (Lipinski definition) is 4. The fourth-order valence-corrected chi connectivity index (χ4v) is 3.19. The van der Waals surface area contributed by atoms with Crippen LogP contribution in [0.1, 0.15) is 16.7 Å². The average molecular weight is 341 g/mol. The molecule has 0 aliphatic carbocycles. The van der Waals surface area contributed by atoms with Crippen molar-refractivity contribution in [2.45, 2.75) is 12.8 Å². The molecule has 1 aliphatic rings. The van der Waals surface area contributed by atoms with Crippen LogP contribution in [0.25, 0.3) is 0 Å². The van der Waals surface area contributed by atoms with E-state index < -0.39 is 7.12 Å². The number of carbonyl (C=O) groups is 1. The molecule has 0 unspecified atom stereocenters. The molecule has 24 heavy (non-hydrogen) atoms.